The Morgan fingerprint density at radius 2 is 2.44 bits per heavy atom. The highest BCUT2D eigenvalue weighted by atomic mass is 16.4. The molecule has 1 heterocycles. The van der Waals surface area contributed by atoms with Crippen LogP contribution in [0.5, 0.6) is 5.75 Å². The van der Waals surface area contributed by atoms with Gasteiger partial charge in [-0.3, -0.25) is 4.79 Å². The van der Waals surface area contributed by atoms with Crippen molar-refractivity contribution in [1.82, 2.24) is 4.98 Å². The van der Waals surface area contributed by atoms with Crippen LogP contribution in [0.25, 0.3) is 10.9 Å². The van der Waals surface area contributed by atoms with E-state index in [4.69, 9.17) is 12.3 Å². The Labute approximate surface area is 93.0 Å². The minimum Gasteiger partial charge on any atom is -0.508 e. The highest BCUT2D eigenvalue weighted by Crippen LogP contribution is 2.23. The standard InChI is InChI=1S/C11H12N2O3/c12-9(11(15)16)3-6-5-13-10-4-7(14)1-2-8(6)10/h1-2,4-5,9,13-14H,3,12H2,(H,15,16)/t9-/m0/s1/i/hD. The first-order valence-electron chi connectivity index (χ1n) is 5.24. The van der Waals surface area contributed by atoms with Crippen LogP contribution in [0.1, 0.15) is 5.56 Å². The molecule has 0 bridgehead atoms. The Bertz CT molecular complexity index is 553. The van der Waals surface area contributed by atoms with E-state index < -0.39 is 12.0 Å². The summed E-state index contributed by atoms with van der Waals surface area (Å²) >= 11 is 0. The predicted octanol–water partition coefficient (Wildman–Crippen LogP) is 0.828. The lowest BCUT2D eigenvalue weighted by molar-refractivity contribution is -0.138. The molecule has 0 radical (unpaired) electrons. The average Bonchev–Trinajstić information content (AvgIpc) is 2.71. The molecule has 2 aromatic rings. The van der Waals surface area contributed by atoms with Crippen LogP contribution in [0, 0.1) is 0 Å². The molecule has 0 fully saturated rings. The fourth-order valence-corrected chi connectivity index (χ4v) is 1.66. The SMILES string of the molecule is [2H]Oc1ccc2c(C[C@H](N)C(=O)O)c[nH]c2c1. The number of aromatic hydroxyl groups is 1. The summed E-state index contributed by atoms with van der Waals surface area (Å²) in [6.07, 6.45) is 1.98. The number of nitrogens with one attached hydrogen (secondary N) is 1. The van der Waals surface area contributed by atoms with Crippen molar-refractivity contribution < 1.29 is 15.0 Å². The third-order valence-corrected chi connectivity index (χ3v) is 2.50. The first-order valence-corrected chi connectivity index (χ1v) is 4.83. The molecule has 0 amide bonds. The Hall–Kier alpha value is -2.01. The number of aliphatic carboxylic acids is 1. The van der Waals surface area contributed by atoms with E-state index in [1.165, 1.54) is 0 Å². The molecule has 0 aliphatic rings. The van der Waals surface area contributed by atoms with Crippen molar-refractivity contribution in [2.45, 2.75) is 12.5 Å². The van der Waals surface area contributed by atoms with Crippen LogP contribution in [0.4, 0.5) is 0 Å². The molecule has 5 nitrogen and oxygen atoms in total. The molecule has 0 unspecified atom stereocenters. The normalized spacial score (nSPS) is 13.4. The molecule has 84 valence electrons. The zero-order valence-electron chi connectivity index (χ0n) is 9.43. The number of fused-ring (bicyclic) bond motifs is 1. The summed E-state index contributed by atoms with van der Waals surface area (Å²) in [5, 5.41) is 14.0. The van der Waals surface area contributed by atoms with Gasteiger partial charge in [0.25, 0.3) is 1.43 Å². The van der Waals surface area contributed by atoms with Gasteiger partial charge in [-0.15, -0.1) is 0 Å². The number of carboxylic acid groups (broad SMARTS) is 1. The molecule has 16 heavy (non-hydrogen) atoms. The predicted molar refractivity (Wildman–Crippen MR) is 59.3 cm³/mol. The maximum absolute atomic E-state index is 10.7. The minimum atomic E-state index is -1.02. The van der Waals surface area contributed by atoms with Crippen molar-refractivity contribution in [3.05, 3.63) is 30.0 Å². The maximum Gasteiger partial charge on any atom is 0.320 e. The van der Waals surface area contributed by atoms with E-state index in [1.807, 2.05) is 0 Å². The summed E-state index contributed by atoms with van der Waals surface area (Å²) in [4.78, 5) is 13.7. The number of aromatic amines is 1. The van der Waals surface area contributed by atoms with E-state index in [0.29, 0.717) is 5.75 Å². The number of aromatic nitrogens is 1. The van der Waals surface area contributed by atoms with Gasteiger partial charge in [-0.1, -0.05) is 0 Å². The van der Waals surface area contributed by atoms with Crippen molar-refractivity contribution in [3.8, 4) is 5.75 Å². The van der Waals surface area contributed by atoms with Crippen LogP contribution in [-0.4, -0.2) is 28.6 Å². The smallest absolute Gasteiger partial charge is 0.320 e. The Morgan fingerprint density at radius 3 is 3.12 bits per heavy atom. The zero-order chi connectivity index (χ0) is 12.4. The van der Waals surface area contributed by atoms with Crippen LogP contribution in [0.3, 0.4) is 0 Å². The van der Waals surface area contributed by atoms with Crippen LogP contribution in [0.15, 0.2) is 24.4 Å². The second-order valence-corrected chi connectivity index (χ2v) is 3.67. The number of benzene rings is 1. The maximum atomic E-state index is 10.7. The van der Waals surface area contributed by atoms with Crippen LogP contribution in [0.2, 0.25) is 0 Å². The average molecular weight is 221 g/mol. The van der Waals surface area contributed by atoms with Gasteiger partial charge in [0.15, 0.2) is 0 Å². The number of carboxylic acids is 1. The molecule has 0 saturated carbocycles. The summed E-state index contributed by atoms with van der Waals surface area (Å²) in [6, 6.07) is 4.19. The van der Waals surface area contributed by atoms with Gasteiger partial charge in [0, 0.05) is 29.6 Å². The summed E-state index contributed by atoms with van der Waals surface area (Å²) in [7, 11) is 0. The van der Waals surface area contributed by atoms with Crippen LogP contribution < -0.4 is 5.73 Å². The zero-order valence-corrected chi connectivity index (χ0v) is 8.43. The minimum absolute atomic E-state index is 0.260. The van der Waals surface area contributed by atoms with Crippen LogP contribution in [-0.2, 0) is 11.2 Å². The lowest BCUT2D eigenvalue weighted by atomic mass is 10.1. The van der Waals surface area contributed by atoms with Crippen molar-refractivity contribution >= 4 is 16.9 Å². The van der Waals surface area contributed by atoms with E-state index >= 15 is 0 Å². The molecule has 0 saturated heterocycles. The van der Waals surface area contributed by atoms with Gasteiger partial charge >= 0.3 is 5.97 Å². The number of phenols is 1. The van der Waals surface area contributed by atoms with Gasteiger partial charge in [-0.25, -0.2) is 0 Å². The fraction of sp³-hybridized carbons (Fsp3) is 0.182. The van der Waals surface area contributed by atoms with Crippen molar-refractivity contribution in [1.29, 1.82) is 1.43 Å². The van der Waals surface area contributed by atoms with Gasteiger partial charge in [-0.05, 0) is 17.7 Å². The van der Waals surface area contributed by atoms with Gasteiger partial charge in [-0.2, -0.15) is 0 Å². The van der Waals surface area contributed by atoms with Gasteiger partial charge < -0.3 is 20.9 Å². The second kappa shape index (κ2) is 3.86. The third kappa shape index (κ3) is 1.85. The Kier molecular flexibility index (Phi) is 2.23. The molecule has 0 spiro atoms. The molecule has 0 aliphatic heterocycles. The highest BCUT2D eigenvalue weighted by molar-refractivity contribution is 5.85. The molecule has 1 atom stereocenters. The first kappa shape index (κ1) is 9.23. The van der Waals surface area contributed by atoms with Crippen molar-refractivity contribution in [2.75, 3.05) is 0 Å². The third-order valence-electron chi connectivity index (χ3n) is 2.50. The number of H-pyrrole nitrogens is 1. The highest BCUT2D eigenvalue weighted by Gasteiger charge is 2.14. The number of nitrogens with two attached hydrogens (primary N) is 1. The molecule has 5 N–H and O–H groups in total. The van der Waals surface area contributed by atoms with E-state index in [-0.39, 0.29) is 6.42 Å². The lowest BCUT2D eigenvalue weighted by Gasteiger charge is -2.04. The molecular formula is C11H12N2O3. The first-order chi connectivity index (χ1) is 8.11. The Morgan fingerprint density at radius 1 is 1.62 bits per heavy atom. The van der Waals surface area contributed by atoms with Crippen molar-refractivity contribution in [3.63, 3.8) is 0 Å². The van der Waals surface area contributed by atoms with Crippen LogP contribution >= 0.6 is 0 Å². The summed E-state index contributed by atoms with van der Waals surface area (Å²) in [5.74, 6) is -0.598. The lowest BCUT2D eigenvalue weighted by Crippen LogP contribution is -2.32. The topological polar surface area (TPSA) is 99.3 Å². The summed E-state index contributed by atoms with van der Waals surface area (Å²) in [6.45, 7) is 0. The summed E-state index contributed by atoms with van der Waals surface area (Å²) < 4.78 is 6.78. The number of carbonyl (C=O) groups is 1. The molecule has 1 aromatic heterocycles. The van der Waals surface area contributed by atoms with E-state index in [0.717, 1.165) is 16.5 Å². The largest absolute Gasteiger partial charge is 0.508 e. The molecule has 1 aromatic carbocycles. The number of phenolic OH excluding ortho intramolecular Hbond substituents is 1. The number of rotatable bonds is 4. The second-order valence-electron chi connectivity index (χ2n) is 3.67. The molecule has 0 aliphatic carbocycles. The van der Waals surface area contributed by atoms with E-state index in [2.05, 4.69) is 10.1 Å². The van der Waals surface area contributed by atoms with E-state index in [9.17, 15) is 4.79 Å². The molecule has 2 rings (SSSR count). The Balaban J connectivity index is 2.33. The molecule has 5 heteroatoms. The number of hydrogen-bond acceptors (Lipinski definition) is 3. The van der Waals surface area contributed by atoms with Crippen molar-refractivity contribution in [2.24, 2.45) is 5.73 Å². The van der Waals surface area contributed by atoms with E-state index in [1.54, 1.807) is 24.4 Å². The van der Waals surface area contributed by atoms with Gasteiger partial charge in [0.1, 0.15) is 11.8 Å². The fourth-order valence-electron chi connectivity index (χ4n) is 1.66. The summed E-state index contributed by atoms with van der Waals surface area (Å²) in [5.41, 5.74) is 7.12. The van der Waals surface area contributed by atoms with Gasteiger partial charge in [0.2, 0.25) is 0 Å². The monoisotopic (exact) mass is 221 g/mol. The quantitative estimate of drug-likeness (QED) is 0.614. The number of hydrogen-bond donors (Lipinski definition) is 4. The van der Waals surface area contributed by atoms with Gasteiger partial charge in [0.05, 0.1) is 0 Å². The molecular weight excluding hydrogens is 208 g/mol.